The van der Waals surface area contributed by atoms with Crippen molar-refractivity contribution in [2.45, 2.75) is 18.2 Å². The van der Waals surface area contributed by atoms with Crippen molar-refractivity contribution in [3.8, 4) is 0 Å². The molecule has 0 bridgehead atoms. The van der Waals surface area contributed by atoms with Crippen molar-refractivity contribution in [3.63, 3.8) is 0 Å². The van der Waals surface area contributed by atoms with Crippen molar-refractivity contribution in [1.82, 2.24) is 0 Å². The van der Waals surface area contributed by atoms with E-state index in [2.05, 4.69) is 59.7 Å². The van der Waals surface area contributed by atoms with E-state index in [9.17, 15) is 0 Å². The molecule has 0 aliphatic carbocycles. The lowest BCUT2D eigenvalue weighted by molar-refractivity contribution is 0.649. The summed E-state index contributed by atoms with van der Waals surface area (Å²) in [4.78, 5) is 1.33. The molecule has 0 nitrogen and oxygen atoms in total. The molecule has 0 fully saturated rings. The van der Waals surface area contributed by atoms with Gasteiger partial charge in [-0.25, -0.2) is 0 Å². The van der Waals surface area contributed by atoms with Crippen molar-refractivity contribution in [1.29, 1.82) is 0 Å². The fourth-order valence-electron chi connectivity index (χ4n) is 1.07. The van der Waals surface area contributed by atoms with Crippen LogP contribution in [-0.4, -0.2) is 11.5 Å². The molecule has 0 saturated heterocycles. The van der Waals surface area contributed by atoms with Gasteiger partial charge in [-0.15, -0.1) is 11.8 Å². The number of hydrogen-bond donors (Lipinski definition) is 1. The number of benzene rings is 1. The van der Waals surface area contributed by atoms with Gasteiger partial charge in [-0.05, 0) is 29.9 Å². The minimum absolute atomic E-state index is 0.724. The van der Waals surface area contributed by atoms with E-state index in [0.717, 1.165) is 21.9 Å². The van der Waals surface area contributed by atoms with E-state index in [0.29, 0.717) is 0 Å². The molecule has 1 aromatic rings. The van der Waals surface area contributed by atoms with Gasteiger partial charge >= 0.3 is 0 Å². The summed E-state index contributed by atoms with van der Waals surface area (Å²) in [7, 11) is 0. The smallest absolute Gasteiger partial charge is 0.0186 e. The monoisotopic (exact) mass is 290 g/mol. The summed E-state index contributed by atoms with van der Waals surface area (Å²) < 4.78 is 1.15. The first-order valence-electron chi connectivity index (χ1n) is 4.75. The van der Waals surface area contributed by atoms with Gasteiger partial charge in [0.1, 0.15) is 0 Å². The molecule has 78 valence electrons. The maximum Gasteiger partial charge on any atom is 0.0186 e. The van der Waals surface area contributed by atoms with Gasteiger partial charge in [0.25, 0.3) is 0 Å². The molecule has 0 aliphatic heterocycles. The number of halogens is 1. The van der Waals surface area contributed by atoms with Crippen molar-refractivity contribution >= 4 is 40.3 Å². The van der Waals surface area contributed by atoms with Crippen molar-refractivity contribution in [2.75, 3.05) is 11.5 Å². The maximum absolute atomic E-state index is 4.34. The number of thiol groups is 1. The maximum atomic E-state index is 4.34. The lowest BCUT2D eigenvalue weighted by Crippen LogP contribution is -2.03. The first kappa shape index (κ1) is 12.5. The molecule has 0 heterocycles. The minimum atomic E-state index is 0.724. The van der Waals surface area contributed by atoms with Crippen LogP contribution >= 0.6 is 40.3 Å². The summed E-state index contributed by atoms with van der Waals surface area (Å²) >= 11 is 9.73. The van der Waals surface area contributed by atoms with E-state index in [-0.39, 0.29) is 0 Å². The van der Waals surface area contributed by atoms with Crippen LogP contribution in [0.25, 0.3) is 0 Å². The molecule has 3 heteroatoms. The molecule has 0 N–H and O–H groups in total. The molecule has 0 amide bonds. The zero-order valence-corrected chi connectivity index (χ0v) is 11.5. The molecule has 1 rings (SSSR count). The predicted octanol–water partition coefficient (Wildman–Crippen LogP) is 4.50. The third-order valence-electron chi connectivity index (χ3n) is 2.12. The van der Waals surface area contributed by atoms with E-state index in [1.54, 1.807) is 0 Å². The highest BCUT2D eigenvalue weighted by molar-refractivity contribution is 9.10. The molecule has 0 saturated carbocycles. The summed E-state index contributed by atoms with van der Waals surface area (Å²) in [5.41, 5.74) is 0. The lowest BCUT2D eigenvalue weighted by atomic mass is 10.2. The zero-order chi connectivity index (χ0) is 10.4. The molecule has 0 aliphatic rings. The van der Waals surface area contributed by atoms with Crippen molar-refractivity contribution < 1.29 is 0 Å². The molecule has 1 unspecified atom stereocenters. The summed E-state index contributed by atoms with van der Waals surface area (Å²) in [5.74, 6) is 2.87. The van der Waals surface area contributed by atoms with Crippen LogP contribution in [0.2, 0.25) is 0 Å². The molecule has 14 heavy (non-hydrogen) atoms. The van der Waals surface area contributed by atoms with Gasteiger partial charge < -0.3 is 0 Å². The van der Waals surface area contributed by atoms with Gasteiger partial charge in [-0.1, -0.05) is 35.3 Å². The van der Waals surface area contributed by atoms with Crippen molar-refractivity contribution in [3.05, 3.63) is 28.7 Å². The fourth-order valence-corrected chi connectivity index (χ4v) is 3.35. The summed E-state index contributed by atoms with van der Waals surface area (Å²) in [6.07, 6.45) is 1.21. The summed E-state index contributed by atoms with van der Waals surface area (Å²) in [6.45, 7) is 2.22. The molecule has 0 aromatic heterocycles. The molecule has 0 radical (unpaired) electrons. The largest absolute Gasteiger partial charge is 0.179 e. The standard InChI is InChI=1S/C11H15BrS2/c1-2-9(7-13)8-14-11-5-3-4-10(12)6-11/h3-6,9,13H,2,7-8H2,1H3. The Morgan fingerprint density at radius 3 is 2.86 bits per heavy atom. The SMILES string of the molecule is CCC(CS)CSc1cccc(Br)c1. The van der Waals surface area contributed by atoms with Gasteiger partial charge in [-0.3, -0.25) is 0 Å². The highest BCUT2D eigenvalue weighted by Crippen LogP contribution is 2.25. The van der Waals surface area contributed by atoms with E-state index < -0.39 is 0 Å². The normalized spacial score (nSPS) is 12.8. The third-order valence-corrected chi connectivity index (χ3v) is 4.35. The third kappa shape index (κ3) is 4.28. The summed E-state index contributed by atoms with van der Waals surface area (Å²) in [5, 5.41) is 0. The van der Waals surface area contributed by atoms with Crippen LogP contribution in [0.3, 0.4) is 0 Å². The average molecular weight is 291 g/mol. The van der Waals surface area contributed by atoms with E-state index in [4.69, 9.17) is 0 Å². The quantitative estimate of drug-likeness (QED) is 0.616. The van der Waals surface area contributed by atoms with Gasteiger partial charge in [0.2, 0.25) is 0 Å². The van der Waals surface area contributed by atoms with Crippen LogP contribution < -0.4 is 0 Å². The van der Waals surface area contributed by atoms with Crippen LogP contribution in [0.15, 0.2) is 33.6 Å². The van der Waals surface area contributed by atoms with Crippen LogP contribution in [0.4, 0.5) is 0 Å². The van der Waals surface area contributed by atoms with E-state index in [1.807, 2.05) is 11.8 Å². The number of hydrogen-bond acceptors (Lipinski definition) is 2. The molecular formula is C11H15BrS2. The van der Waals surface area contributed by atoms with Crippen LogP contribution in [0.1, 0.15) is 13.3 Å². The molecule has 1 aromatic carbocycles. The van der Waals surface area contributed by atoms with E-state index >= 15 is 0 Å². The number of rotatable bonds is 5. The molecule has 1 atom stereocenters. The number of thioether (sulfide) groups is 1. The van der Waals surface area contributed by atoms with Gasteiger partial charge in [0, 0.05) is 15.1 Å². The second-order valence-electron chi connectivity index (χ2n) is 3.23. The Labute approximate surface area is 104 Å². The van der Waals surface area contributed by atoms with Crippen molar-refractivity contribution in [2.24, 2.45) is 5.92 Å². The first-order chi connectivity index (χ1) is 6.76. The second kappa shape index (κ2) is 6.81. The Kier molecular flexibility index (Phi) is 6.06. The van der Waals surface area contributed by atoms with Crippen LogP contribution in [0.5, 0.6) is 0 Å². The Morgan fingerprint density at radius 1 is 1.50 bits per heavy atom. The Bertz CT molecular complexity index is 272. The fraction of sp³-hybridized carbons (Fsp3) is 0.455. The van der Waals surface area contributed by atoms with Crippen LogP contribution in [-0.2, 0) is 0 Å². The van der Waals surface area contributed by atoms with Crippen LogP contribution in [0, 0.1) is 5.92 Å². The summed E-state index contributed by atoms with van der Waals surface area (Å²) in [6, 6.07) is 8.45. The predicted molar refractivity (Wildman–Crippen MR) is 72.5 cm³/mol. The van der Waals surface area contributed by atoms with Gasteiger partial charge in [-0.2, -0.15) is 12.6 Å². The van der Waals surface area contributed by atoms with Gasteiger partial charge in [0.05, 0.1) is 0 Å². The minimum Gasteiger partial charge on any atom is -0.179 e. The zero-order valence-electron chi connectivity index (χ0n) is 8.24. The Balaban J connectivity index is 2.44. The molecule has 0 spiro atoms. The highest BCUT2D eigenvalue weighted by Gasteiger charge is 2.04. The average Bonchev–Trinajstić information content (AvgIpc) is 2.19. The lowest BCUT2D eigenvalue weighted by Gasteiger charge is -2.10. The second-order valence-corrected chi connectivity index (χ2v) is 5.60. The Hall–Kier alpha value is 0.400. The van der Waals surface area contributed by atoms with Gasteiger partial charge in [0.15, 0.2) is 0 Å². The Morgan fingerprint density at radius 2 is 2.29 bits per heavy atom. The topological polar surface area (TPSA) is 0 Å². The first-order valence-corrected chi connectivity index (χ1v) is 7.16. The van der Waals surface area contributed by atoms with E-state index in [1.165, 1.54) is 11.3 Å². The molecular weight excluding hydrogens is 276 g/mol. The highest BCUT2D eigenvalue weighted by atomic mass is 79.9.